The van der Waals surface area contributed by atoms with Crippen LogP contribution < -0.4 is 11.5 Å². The van der Waals surface area contributed by atoms with Crippen LogP contribution in [0.15, 0.2) is 0 Å². The van der Waals surface area contributed by atoms with Gasteiger partial charge < -0.3 is 35.3 Å². The molecule has 9 heteroatoms. The minimum absolute atomic E-state index is 0.177. The highest BCUT2D eigenvalue weighted by Gasteiger charge is 2.49. The van der Waals surface area contributed by atoms with Gasteiger partial charge in [-0.3, -0.25) is 4.79 Å². The Kier molecular flexibility index (Phi) is 12.0. The van der Waals surface area contributed by atoms with Crippen molar-refractivity contribution in [3.63, 3.8) is 0 Å². The van der Waals surface area contributed by atoms with Crippen LogP contribution in [0.3, 0.4) is 0 Å². The molecule has 0 spiro atoms. The first kappa shape index (κ1) is 22.7. The third kappa shape index (κ3) is 6.61. The van der Waals surface area contributed by atoms with Crippen molar-refractivity contribution in [1.29, 1.82) is 0 Å². The molecular weight excluding hydrogens is 370 g/mol. The van der Waals surface area contributed by atoms with Gasteiger partial charge in [0, 0.05) is 41.5 Å². The average molecular weight is 400 g/mol. The molecule has 2 atom stereocenters. The maximum atomic E-state index is 13.1. The first-order chi connectivity index (χ1) is 10.9. The highest BCUT2D eigenvalue weighted by atomic mass is 79.9. The second-order valence-electron chi connectivity index (χ2n) is 5.17. The zero-order valence-electron chi connectivity index (χ0n) is 14.4. The molecule has 0 heterocycles. The van der Waals surface area contributed by atoms with Gasteiger partial charge in [0.1, 0.15) is 4.32 Å². The largest absolute Gasteiger partial charge is 0.383 e. The fourth-order valence-corrected chi connectivity index (χ4v) is 2.67. The molecule has 0 saturated carbocycles. The van der Waals surface area contributed by atoms with E-state index >= 15 is 0 Å². The minimum Gasteiger partial charge on any atom is -0.383 e. The summed E-state index contributed by atoms with van der Waals surface area (Å²) in [5, 5.41) is 0. The van der Waals surface area contributed by atoms with Gasteiger partial charge in [-0.2, -0.15) is 0 Å². The Labute approximate surface area is 146 Å². The van der Waals surface area contributed by atoms with Crippen LogP contribution in [-0.2, 0) is 23.7 Å². The molecule has 0 aliphatic rings. The van der Waals surface area contributed by atoms with Gasteiger partial charge in [-0.15, -0.1) is 0 Å². The van der Waals surface area contributed by atoms with E-state index in [0.29, 0.717) is 26.3 Å². The molecule has 23 heavy (non-hydrogen) atoms. The van der Waals surface area contributed by atoms with Crippen molar-refractivity contribution in [3.8, 4) is 0 Å². The molecule has 0 aromatic rings. The van der Waals surface area contributed by atoms with E-state index < -0.39 is 16.4 Å². The zero-order valence-corrected chi connectivity index (χ0v) is 16.0. The van der Waals surface area contributed by atoms with Crippen LogP contribution in [0, 0.1) is 0 Å². The molecule has 0 aromatic carbocycles. The van der Waals surface area contributed by atoms with E-state index in [1.807, 2.05) is 0 Å². The number of amides is 1. The number of nitrogens with zero attached hydrogens (tertiary/aromatic N) is 1. The minimum atomic E-state index is -1.21. The highest BCUT2D eigenvalue weighted by molar-refractivity contribution is 9.10. The Morgan fingerprint density at radius 3 is 1.65 bits per heavy atom. The predicted octanol–water partition coefficient (Wildman–Crippen LogP) is -0.811. The van der Waals surface area contributed by atoms with Crippen molar-refractivity contribution in [2.45, 2.75) is 16.4 Å². The molecule has 0 radical (unpaired) electrons. The summed E-state index contributed by atoms with van der Waals surface area (Å²) in [6.45, 7) is 1.97. The molecule has 0 aliphatic carbocycles. The van der Waals surface area contributed by atoms with Crippen LogP contribution in [0.5, 0.6) is 0 Å². The molecule has 4 N–H and O–H groups in total. The maximum Gasteiger partial charge on any atom is 0.243 e. The predicted molar refractivity (Wildman–Crippen MR) is 91.7 cm³/mol. The van der Waals surface area contributed by atoms with E-state index in [4.69, 9.17) is 30.4 Å². The number of halogens is 1. The maximum absolute atomic E-state index is 13.1. The van der Waals surface area contributed by atoms with Crippen LogP contribution in [-0.4, -0.2) is 95.2 Å². The number of nitrogens with two attached hydrogens (primary N) is 2. The number of ether oxygens (including phenoxy) is 4. The van der Waals surface area contributed by atoms with Crippen molar-refractivity contribution in [3.05, 3.63) is 0 Å². The molecular formula is C14H30BrN3O5. The monoisotopic (exact) mass is 399 g/mol. The van der Waals surface area contributed by atoms with E-state index in [1.165, 1.54) is 14.2 Å². The van der Waals surface area contributed by atoms with E-state index in [-0.39, 0.29) is 19.1 Å². The van der Waals surface area contributed by atoms with Gasteiger partial charge in [0.2, 0.25) is 5.91 Å². The SMILES string of the molecule is COCCN(CCOC)C(=O)C(Br)(C(N)COC)C(N)COC. The number of carbonyl (C=O) groups is 1. The Morgan fingerprint density at radius 2 is 1.35 bits per heavy atom. The quantitative estimate of drug-likeness (QED) is 0.389. The summed E-state index contributed by atoms with van der Waals surface area (Å²) in [6.07, 6.45) is 0. The molecule has 0 saturated heterocycles. The summed E-state index contributed by atoms with van der Waals surface area (Å²) in [6, 6.07) is -1.28. The van der Waals surface area contributed by atoms with Gasteiger partial charge in [-0.1, -0.05) is 15.9 Å². The number of carbonyl (C=O) groups excluding carboxylic acids is 1. The molecule has 0 rings (SSSR count). The van der Waals surface area contributed by atoms with Crippen LogP contribution in [0.4, 0.5) is 0 Å². The highest BCUT2D eigenvalue weighted by Crippen LogP contribution is 2.28. The third-order valence-electron chi connectivity index (χ3n) is 3.52. The summed E-state index contributed by atoms with van der Waals surface area (Å²) in [4.78, 5) is 14.7. The average Bonchev–Trinajstić information content (AvgIpc) is 2.54. The Hall–Kier alpha value is -0.290. The van der Waals surface area contributed by atoms with Crippen molar-refractivity contribution < 1.29 is 23.7 Å². The Morgan fingerprint density at radius 1 is 0.957 bits per heavy atom. The molecule has 2 unspecified atom stereocenters. The standard InChI is InChI=1S/C14H30BrN3O5/c1-20-7-5-18(6-8-21-2)13(19)14(15,11(16)9-22-3)12(17)10-23-4/h11-12H,5-10,16-17H2,1-4H3. The molecule has 0 bridgehead atoms. The van der Waals surface area contributed by atoms with Crippen LogP contribution in [0.2, 0.25) is 0 Å². The first-order valence-corrected chi connectivity index (χ1v) is 8.14. The number of hydrogen-bond donors (Lipinski definition) is 2. The zero-order chi connectivity index (χ0) is 17.9. The van der Waals surface area contributed by atoms with Crippen LogP contribution >= 0.6 is 15.9 Å². The second kappa shape index (κ2) is 12.1. The van der Waals surface area contributed by atoms with Gasteiger partial charge >= 0.3 is 0 Å². The van der Waals surface area contributed by atoms with Crippen molar-refractivity contribution >= 4 is 21.8 Å². The van der Waals surface area contributed by atoms with E-state index in [0.717, 1.165) is 0 Å². The number of hydrogen-bond acceptors (Lipinski definition) is 7. The third-order valence-corrected chi connectivity index (χ3v) is 5.03. The van der Waals surface area contributed by atoms with E-state index in [1.54, 1.807) is 19.1 Å². The van der Waals surface area contributed by atoms with Gasteiger partial charge in [-0.25, -0.2) is 0 Å². The first-order valence-electron chi connectivity index (χ1n) is 7.35. The molecule has 0 aliphatic heterocycles. The summed E-state index contributed by atoms with van der Waals surface area (Å²) < 4.78 is 19.1. The van der Waals surface area contributed by atoms with Crippen molar-refractivity contribution in [1.82, 2.24) is 4.90 Å². The summed E-state index contributed by atoms with van der Waals surface area (Å²) in [5.74, 6) is -0.235. The number of alkyl halides is 1. The summed E-state index contributed by atoms with van der Waals surface area (Å²) >= 11 is 3.49. The number of rotatable bonds is 13. The van der Waals surface area contributed by atoms with Gasteiger partial charge in [0.15, 0.2) is 0 Å². The molecule has 1 amide bonds. The van der Waals surface area contributed by atoms with Gasteiger partial charge in [-0.05, 0) is 0 Å². The molecule has 8 nitrogen and oxygen atoms in total. The second-order valence-corrected chi connectivity index (χ2v) is 6.48. The normalized spacial score (nSPS) is 16.7. The smallest absolute Gasteiger partial charge is 0.243 e. The van der Waals surface area contributed by atoms with E-state index in [2.05, 4.69) is 15.9 Å². The fourth-order valence-electron chi connectivity index (χ4n) is 2.15. The lowest BCUT2D eigenvalue weighted by atomic mass is 9.91. The Balaban J connectivity index is 5.39. The molecule has 0 aromatic heterocycles. The van der Waals surface area contributed by atoms with Crippen LogP contribution in [0.1, 0.15) is 0 Å². The lowest BCUT2D eigenvalue weighted by Gasteiger charge is -2.40. The van der Waals surface area contributed by atoms with E-state index in [9.17, 15) is 4.79 Å². The summed E-state index contributed by atoms with van der Waals surface area (Å²) in [5.41, 5.74) is 12.3. The van der Waals surface area contributed by atoms with Crippen molar-refractivity contribution in [2.24, 2.45) is 11.5 Å². The topological polar surface area (TPSA) is 109 Å². The number of methoxy groups -OCH3 is 4. The molecule has 0 fully saturated rings. The summed E-state index contributed by atoms with van der Waals surface area (Å²) in [7, 11) is 6.20. The van der Waals surface area contributed by atoms with Gasteiger partial charge in [0.25, 0.3) is 0 Å². The fraction of sp³-hybridized carbons (Fsp3) is 0.929. The Bertz CT molecular complexity index is 316. The van der Waals surface area contributed by atoms with Crippen molar-refractivity contribution in [2.75, 3.05) is 68.0 Å². The molecule has 138 valence electrons. The van der Waals surface area contributed by atoms with Crippen LogP contribution in [0.25, 0.3) is 0 Å². The lowest BCUT2D eigenvalue weighted by molar-refractivity contribution is -0.137. The van der Waals surface area contributed by atoms with Gasteiger partial charge in [0.05, 0.1) is 38.5 Å². The lowest BCUT2D eigenvalue weighted by Crippen LogP contribution is -2.66.